The molecule has 0 aromatic heterocycles. The third-order valence-electron chi connectivity index (χ3n) is 5.08. The number of allylic oxidation sites excluding steroid dienone is 2. The molecule has 0 fully saturated rings. The lowest BCUT2D eigenvalue weighted by atomic mass is 9.73. The van der Waals surface area contributed by atoms with E-state index in [2.05, 4.69) is 0 Å². The van der Waals surface area contributed by atoms with Crippen LogP contribution in [0, 0.1) is 5.92 Å². The summed E-state index contributed by atoms with van der Waals surface area (Å²) in [7, 11) is 1.60. The van der Waals surface area contributed by atoms with Crippen LogP contribution in [0.25, 0.3) is 5.57 Å². The summed E-state index contributed by atoms with van der Waals surface area (Å²) in [6.07, 6.45) is 2.05. The van der Waals surface area contributed by atoms with Crippen molar-refractivity contribution in [3.05, 3.63) is 65.7 Å². The van der Waals surface area contributed by atoms with Crippen molar-refractivity contribution in [2.45, 2.75) is 26.2 Å². The predicted octanol–water partition coefficient (Wildman–Crippen LogP) is 4.41. The third-order valence-corrected chi connectivity index (χ3v) is 5.08. The fourth-order valence-electron chi connectivity index (χ4n) is 3.85. The molecule has 0 aliphatic heterocycles. The molecule has 1 aliphatic carbocycles. The molecule has 2 atom stereocenters. The zero-order chi connectivity index (χ0) is 20.8. The Bertz CT molecular complexity index is 915. The van der Waals surface area contributed by atoms with Gasteiger partial charge in [0.2, 0.25) is 0 Å². The molecule has 152 valence electrons. The van der Waals surface area contributed by atoms with Gasteiger partial charge < -0.3 is 14.2 Å². The molecule has 1 aliphatic rings. The number of rotatable bonds is 7. The molecular formula is C24H26O5. The predicted molar refractivity (Wildman–Crippen MR) is 111 cm³/mol. The smallest absolute Gasteiger partial charge is 0.317 e. The first-order valence-corrected chi connectivity index (χ1v) is 9.86. The molecule has 0 unspecified atom stereocenters. The normalized spacial score (nSPS) is 18.7. The van der Waals surface area contributed by atoms with Gasteiger partial charge in [-0.05, 0) is 49.6 Å². The van der Waals surface area contributed by atoms with Crippen molar-refractivity contribution in [1.29, 1.82) is 0 Å². The van der Waals surface area contributed by atoms with Crippen molar-refractivity contribution >= 4 is 17.3 Å². The monoisotopic (exact) mass is 394 g/mol. The van der Waals surface area contributed by atoms with Crippen LogP contribution in [-0.2, 0) is 14.3 Å². The van der Waals surface area contributed by atoms with Gasteiger partial charge >= 0.3 is 5.97 Å². The Morgan fingerprint density at radius 1 is 1.00 bits per heavy atom. The molecule has 5 heteroatoms. The minimum Gasteiger partial charge on any atom is -0.496 e. The maximum atomic E-state index is 13.1. The van der Waals surface area contributed by atoms with Crippen molar-refractivity contribution in [2.75, 3.05) is 20.3 Å². The highest BCUT2D eigenvalue weighted by Gasteiger charge is 2.41. The standard InChI is InChI=1S/C24H26O5/c1-4-28-22-13-9-7-11-18(22)19-14-16(17-10-6-8-12-21(17)27-3)15-20(25)23(19)24(26)29-5-2/h6-13,15,19,23H,4-5,14H2,1-3H3/t19-,23+/m1/s1. The molecule has 2 aromatic rings. The molecule has 2 aromatic carbocycles. The van der Waals surface area contributed by atoms with Gasteiger partial charge in [-0.2, -0.15) is 0 Å². The first-order valence-electron chi connectivity index (χ1n) is 9.86. The topological polar surface area (TPSA) is 61.8 Å². The molecule has 29 heavy (non-hydrogen) atoms. The van der Waals surface area contributed by atoms with Crippen LogP contribution in [0.4, 0.5) is 0 Å². The fraction of sp³-hybridized carbons (Fsp3) is 0.333. The lowest BCUT2D eigenvalue weighted by molar-refractivity contribution is -0.151. The summed E-state index contributed by atoms with van der Waals surface area (Å²) in [5.41, 5.74) is 2.52. The maximum Gasteiger partial charge on any atom is 0.317 e. The van der Waals surface area contributed by atoms with Crippen LogP contribution < -0.4 is 9.47 Å². The Morgan fingerprint density at radius 3 is 2.38 bits per heavy atom. The van der Waals surface area contributed by atoms with Gasteiger partial charge in [-0.15, -0.1) is 0 Å². The number of ether oxygens (including phenoxy) is 3. The Hall–Kier alpha value is -3.08. The first-order chi connectivity index (χ1) is 14.1. The van der Waals surface area contributed by atoms with Gasteiger partial charge in [0, 0.05) is 11.5 Å². The molecule has 3 rings (SSSR count). The van der Waals surface area contributed by atoms with Crippen molar-refractivity contribution in [3.63, 3.8) is 0 Å². The van der Waals surface area contributed by atoms with E-state index in [1.54, 1.807) is 20.1 Å². The van der Waals surface area contributed by atoms with Crippen molar-refractivity contribution in [3.8, 4) is 11.5 Å². The molecular weight excluding hydrogens is 368 g/mol. The zero-order valence-electron chi connectivity index (χ0n) is 17.0. The van der Waals surface area contributed by atoms with E-state index >= 15 is 0 Å². The van der Waals surface area contributed by atoms with E-state index in [1.807, 2.05) is 55.5 Å². The Morgan fingerprint density at radius 2 is 1.69 bits per heavy atom. The van der Waals surface area contributed by atoms with E-state index in [0.717, 1.165) is 16.7 Å². The van der Waals surface area contributed by atoms with E-state index in [0.29, 0.717) is 24.5 Å². The minimum absolute atomic E-state index is 0.228. The van der Waals surface area contributed by atoms with Crippen LogP contribution in [0.3, 0.4) is 0 Å². The van der Waals surface area contributed by atoms with Crippen molar-refractivity contribution < 1.29 is 23.8 Å². The number of carbonyl (C=O) groups is 2. The lowest BCUT2D eigenvalue weighted by Crippen LogP contribution is -2.34. The summed E-state index contributed by atoms with van der Waals surface area (Å²) >= 11 is 0. The van der Waals surface area contributed by atoms with Gasteiger partial charge in [-0.3, -0.25) is 9.59 Å². The number of ketones is 1. The molecule has 0 spiro atoms. The average molecular weight is 394 g/mol. The Balaban J connectivity index is 2.09. The second-order valence-electron chi connectivity index (χ2n) is 6.78. The molecule has 0 heterocycles. The highest BCUT2D eigenvalue weighted by molar-refractivity contribution is 6.11. The van der Waals surface area contributed by atoms with E-state index in [-0.39, 0.29) is 18.3 Å². The van der Waals surface area contributed by atoms with Crippen LogP contribution in [0.1, 0.15) is 37.3 Å². The van der Waals surface area contributed by atoms with Gasteiger partial charge in [0.15, 0.2) is 5.78 Å². The van der Waals surface area contributed by atoms with Crippen molar-refractivity contribution in [1.82, 2.24) is 0 Å². The molecule has 0 amide bonds. The molecule has 0 saturated carbocycles. The van der Waals surface area contributed by atoms with Crippen LogP contribution in [0.2, 0.25) is 0 Å². The second kappa shape index (κ2) is 9.41. The largest absolute Gasteiger partial charge is 0.496 e. The zero-order valence-corrected chi connectivity index (χ0v) is 17.0. The van der Waals surface area contributed by atoms with Gasteiger partial charge in [-0.25, -0.2) is 0 Å². The fourth-order valence-corrected chi connectivity index (χ4v) is 3.85. The quantitative estimate of drug-likeness (QED) is 0.514. The van der Waals surface area contributed by atoms with E-state index in [4.69, 9.17) is 14.2 Å². The Labute approximate surface area is 171 Å². The average Bonchev–Trinajstić information content (AvgIpc) is 2.74. The lowest BCUT2D eigenvalue weighted by Gasteiger charge is -2.30. The number of hydrogen-bond acceptors (Lipinski definition) is 5. The van der Waals surface area contributed by atoms with Gasteiger partial charge in [0.05, 0.1) is 20.3 Å². The summed E-state index contributed by atoms with van der Waals surface area (Å²) < 4.78 is 16.5. The second-order valence-corrected chi connectivity index (χ2v) is 6.78. The number of methoxy groups -OCH3 is 1. The minimum atomic E-state index is -0.894. The number of hydrogen-bond donors (Lipinski definition) is 0. The van der Waals surface area contributed by atoms with E-state index < -0.39 is 11.9 Å². The van der Waals surface area contributed by atoms with Crippen LogP contribution in [0.5, 0.6) is 11.5 Å². The van der Waals surface area contributed by atoms with E-state index in [1.165, 1.54) is 0 Å². The molecule has 0 bridgehead atoms. The SMILES string of the molecule is CCOC(=O)[C@@H]1C(=O)C=C(c2ccccc2OC)C[C@@H]1c1ccccc1OCC. The number of para-hydroxylation sites is 2. The van der Waals surface area contributed by atoms with Gasteiger partial charge in [0.1, 0.15) is 17.4 Å². The summed E-state index contributed by atoms with van der Waals surface area (Å²) in [6.45, 7) is 4.37. The van der Waals surface area contributed by atoms with Crippen molar-refractivity contribution in [2.24, 2.45) is 5.92 Å². The number of benzene rings is 2. The van der Waals surface area contributed by atoms with Crippen LogP contribution >= 0.6 is 0 Å². The summed E-state index contributed by atoms with van der Waals surface area (Å²) in [6, 6.07) is 15.1. The highest BCUT2D eigenvalue weighted by Crippen LogP contribution is 2.44. The van der Waals surface area contributed by atoms with Crippen LogP contribution in [0.15, 0.2) is 54.6 Å². The highest BCUT2D eigenvalue weighted by atomic mass is 16.5. The third kappa shape index (κ3) is 4.34. The molecule has 0 radical (unpaired) electrons. The summed E-state index contributed by atoms with van der Waals surface area (Å²) in [4.78, 5) is 25.8. The van der Waals surface area contributed by atoms with E-state index in [9.17, 15) is 9.59 Å². The molecule has 5 nitrogen and oxygen atoms in total. The number of carbonyl (C=O) groups excluding carboxylic acids is 2. The first kappa shape index (κ1) is 20.6. The van der Waals surface area contributed by atoms with Gasteiger partial charge in [-0.1, -0.05) is 36.4 Å². The molecule has 0 saturated heterocycles. The van der Waals surface area contributed by atoms with Crippen LogP contribution in [-0.4, -0.2) is 32.1 Å². The van der Waals surface area contributed by atoms with Gasteiger partial charge in [0.25, 0.3) is 0 Å². The molecule has 0 N–H and O–H groups in total. The summed E-state index contributed by atoms with van der Waals surface area (Å²) in [5.74, 6) is -0.651. The summed E-state index contributed by atoms with van der Waals surface area (Å²) in [5, 5.41) is 0. The maximum absolute atomic E-state index is 13.1. The number of esters is 1. The Kier molecular flexibility index (Phi) is 6.70.